The fourth-order valence-corrected chi connectivity index (χ4v) is 3.33. The highest BCUT2D eigenvalue weighted by Crippen LogP contribution is 2.08. The number of hydrogen-bond acceptors (Lipinski definition) is 4. The molecule has 1 aliphatic rings. The number of nitrogens with two attached hydrogens (primary N) is 1. The SMILES string of the molecule is NC(=S)c1ccc(CC(=O)NCCN2CCSCC2)cc1. The topological polar surface area (TPSA) is 58.4 Å². The first-order valence-corrected chi connectivity index (χ1v) is 8.67. The van der Waals surface area contributed by atoms with Gasteiger partial charge in [0.15, 0.2) is 0 Å². The summed E-state index contributed by atoms with van der Waals surface area (Å²) >= 11 is 6.90. The predicted octanol–water partition coefficient (Wildman–Crippen LogP) is 1.03. The summed E-state index contributed by atoms with van der Waals surface area (Å²) in [6.07, 6.45) is 0.396. The van der Waals surface area contributed by atoms with E-state index in [0.29, 0.717) is 18.0 Å². The summed E-state index contributed by atoms with van der Waals surface area (Å²) in [5.41, 5.74) is 7.35. The Morgan fingerprint density at radius 3 is 2.57 bits per heavy atom. The van der Waals surface area contributed by atoms with E-state index in [-0.39, 0.29) is 5.91 Å². The minimum Gasteiger partial charge on any atom is -0.389 e. The maximum Gasteiger partial charge on any atom is 0.224 e. The van der Waals surface area contributed by atoms with E-state index in [0.717, 1.165) is 30.8 Å². The molecule has 1 aromatic carbocycles. The van der Waals surface area contributed by atoms with Gasteiger partial charge in [-0.3, -0.25) is 9.69 Å². The highest BCUT2D eigenvalue weighted by atomic mass is 32.2. The molecule has 0 aliphatic carbocycles. The minimum absolute atomic E-state index is 0.0597. The molecule has 4 nitrogen and oxygen atoms in total. The molecule has 0 bridgehead atoms. The Bertz CT molecular complexity index is 484. The van der Waals surface area contributed by atoms with E-state index in [4.69, 9.17) is 18.0 Å². The lowest BCUT2D eigenvalue weighted by molar-refractivity contribution is -0.120. The van der Waals surface area contributed by atoms with E-state index >= 15 is 0 Å². The van der Waals surface area contributed by atoms with Crippen molar-refractivity contribution in [2.45, 2.75) is 6.42 Å². The number of thiocarbonyl (C=S) groups is 1. The van der Waals surface area contributed by atoms with Crippen LogP contribution in [-0.2, 0) is 11.2 Å². The molecular formula is C15H21N3OS2. The molecule has 0 atom stereocenters. The summed E-state index contributed by atoms with van der Waals surface area (Å²) in [5, 5.41) is 2.98. The summed E-state index contributed by atoms with van der Waals surface area (Å²) in [6.45, 7) is 3.91. The molecule has 1 heterocycles. The Labute approximate surface area is 135 Å². The van der Waals surface area contributed by atoms with Gasteiger partial charge in [-0.1, -0.05) is 36.5 Å². The van der Waals surface area contributed by atoms with Crippen molar-refractivity contribution in [2.75, 3.05) is 37.7 Å². The van der Waals surface area contributed by atoms with Gasteiger partial charge in [-0.05, 0) is 5.56 Å². The van der Waals surface area contributed by atoms with Gasteiger partial charge in [0, 0.05) is 43.2 Å². The molecule has 3 N–H and O–H groups in total. The fraction of sp³-hybridized carbons (Fsp3) is 0.467. The van der Waals surface area contributed by atoms with Crippen LogP contribution < -0.4 is 11.1 Å². The molecule has 1 fully saturated rings. The monoisotopic (exact) mass is 323 g/mol. The van der Waals surface area contributed by atoms with Crippen molar-refractivity contribution in [1.82, 2.24) is 10.2 Å². The average Bonchev–Trinajstić information content (AvgIpc) is 2.49. The van der Waals surface area contributed by atoms with E-state index in [1.807, 2.05) is 36.0 Å². The van der Waals surface area contributed by atoms with Crippen molar-refractivity contribution in [1.29, 1.82) is 0 Å². The molecule has 1 saturated heterocycles. The number of amides is 1. The maximum absolute atomic E-state index is 11.9. The van der Waals surface area contributed by atoms with Gasteiger partial charge in [-0.2, -0.15) is 11.8 Å². The smallest absolute Gasteiger partial charge is 0.224 e. The first-order chi connectivity index (χ1) is 10.1. The molecule has 2 rings (SSSR count). The summed E-state index contributed by atoms with van der Waals surface area (Å²) in [7, 11) is 0. The van der Waals surface area contributed by atoms with Crippen LogP contribution in [0.25, 0.3) is 0 Å². The fourth-order valence-electron chi connectivity index (χ4n) is 2.21. The van der Waals surface area contributed by atoms with Crippen LogP contribution in [0.5, 0.6) is 0 Å². The Kier molecular flexibility index (Phi) is 6.48. The third-order valence-corrected chi connectivity index (χ3v) is 4.64. The number of hydrogen-bond donors (Lipinski definition) is 2. The molecule has 21 heavy (non-hydrogen) atoms. The maximum atomic E-state index is 11.9. The number of rotatable bonds is 6. The second-order valence-electron chi connectivity index (χ2n) is 5.04. The highest BCUT2D eigenvalue weighted by Gasteiger charge is 2.10. The first-order valence-electron chi connectivity index (χ1n) is 7.10. The molecule has 1 amide bonds. The van der Waals surface area contributed by atoms with Crippen molar-refractivity contribution in [3.8, 4) is 0 Å². The van der Waals surface area contributed by atoms with E-state index in [1.54, 1.807) is 0 Å². The van der Waals surface area contributed by atoms with Gasteiger partial charge in [0.05, 0.1) is 6.42 Å². The summed E-state index contributed by atoms with van der Waals surface area (Å²) in [5.74, 6) is 2.46. The summed E-state index contributed by atoms with van der Waals surface area (Å²) in [4.78, 5) is 14.7. The zero-order chi connectivity index (χ0) is 15.1. The van der Waals surface area contributed by atoms with Gasteiger partial charge >= 0.3 is 0 Å². The average molecular weight is 323 g/mol. The molecule has 0 aromatic heterocycles. The van der Waals surface area contributed by atoms with Crippen LogP contribution in [-0.4, -0.2) is 53.5 Å². The van der Waals surface area contributed by atoms with Crippen LogP contribution >= 0.6 is 24.0 Å². The van der Waals surface area contributed by atoms with E-state index in [9.17, 15) is 4.79 Å². The zero-order valence-electron chi connectivity index (χ0n) is 12.0. The van der Waals surface area contributed by atoms with E-state index in [1.165, 1.54) is 11.5 Å². The van der Waals surface area contributed by atoms with Crippen molar-refractivity contribution < 1.29 is 4.79 Å². The molecule has 0 radical (unpaired) electrons. The van der Waals surface area contributed by atoms with Gasteiger partial charge in [-0.25, -0.2) is 0 Å². The Morgan fingerprint density at radius 2 is 1.95 bits per heavy atom. The Hall–Kier alpha value is -1.11. The molecule has 1 aliphatic heterocycles. The number of nitrogens with zero attached hydrogens (tertiary/aromatic N) is 1. The van der Waals surface area contributed by atoms with Crippen molar-refractivity contribution in [3.63, 3.8) is 0 Å². The summed E-state index contributed by atoms with van der Waals surface area (Å²) < 4.78 is 0. The number of nitrogens with one attached hydrogen (secondary N) is 1. The molecule has 0 spiro atoms. The second-order valence-corrected chi connectivity index (χ2v) is 6.71. The lowest BCUT2D eigenvalue weighted by Crippen LogP contribution is -2.39. The normalized spacial score (nSPS) is 15.6. The minimum atomic E-state index is 0.0597. The first kappa shape index (κ1) is 16.3. The van der Waals surface area contributed by atoms with Crippen LogP contribution in [0.3, 0.4) is 0 Å². The van der Waals surface area contributed by atoms with E-state index in [2.05, 4.69) is 10.2 Å². The van der Waals surface area contributed by atoms with Gasteiger partial charge in [0.25, 0.3) is 0 Å². The number of benzene rings is 1. The second kappa shape index (κ2) is 8.36. The number of carbonyl (C=O) groups excluding carboxylic acids is 1. The van der Waals surface area contributed by atoms with Crippen molar-refractivity contribution >= 4 is 34.9 Å². The molecule has 6 heteroatoms. The van der Waals surface area contributed by atoms with Crippen LogP contribution in [0.15, 0.2) is 24.3 Å². The van der Waals surface area contributed by atoms with Gasteiger partial charge in [-0.15, -0.1) is 0 Å². The lowest BCUT2D eigenvalue weighted by Gasteiger charge is -2.25. The largest absolute Gasteiger partial charge is 0.389 e. The van der Waals surface area contributed by atoms with E-state index < -0.39 is 0 Å². The Balaban J connectivity index is 1.70. The van der Waals surface area contributed by atoms with Crippen LogP contribution in [0, 0.1) is 0 Å². The third-order valence-electron chi connectivity index (χ3n) is 3.46. The molecule has 114 valence electrons. The molecular weight excluding hydrogens is 302 g/mol. The van der Waals surface area contributed by atoms with Crippen LogP contribution in [0.2, 0.25) is 0 Å². The van der Waals surface area contributed by atoms with Gasteiger partial charge in [0.2, 0.25) is 5.91 Å². The summed E-state index contributed by atoms with van der Waals surface area (Å²) in [6, 6.07) is 7.51. The predicted molar refractivity (Wildman–Crippen MR) is 92.8 cm³/mol. The van der Waals surface area contributed by atoms with Crippen LogP contribution in [0.4, 0.5) is 0 Å². The van der Waals surface area contributed by atoms with Crippen LogP contribution in [0.1, 0.15) is 11.1 Å². The lowest BCUT2D eigenvalue weighted by atomic mass is 10.1. The van der Waals surface area contributed by atoms with Crippen molar-refractivity contribution in [3.05, 3.63) is 35.4 Å². The highest BCUT2D eigenvalue weighted by molar-refractivity contribution is 7.99. The molecule has 0 unspecified atom stereocenters. The van der Waals surface area contributed by atoms with Gasteiger partial charge < -0.3 is 11.1 Å². The molecule has 1 aromatic rings. The third kappa shape index (κ3) is 5.65. The number of thioether (sulfide) groups is 1. The van der Waals surface area contributed by atoms with Gasteiger partial charge in [0.1, 0.15) is 4.99 Å². The quantitative estimate of drug-likeness (QED) is 0.766. The Morgan fingerprint density at radius 1 is 1.29 bits per heavy atom. The number of carbonyl (C=O) groups is 1. The molecule has 0 saturated carbocycles. The standard InChI is InChI=1S/C15H21N3OS2/c16-15(20)13-3-1-12(2-4-13)11-14(19)17-5-6-18-7-9-21-10-8-18/h1-4H,5-11H2,(H2,16,20)(H,17,19). The zero-order valence-corrected chi connectivity index (χ0v) is 13.6. The van der Waals surface area contributed by atoms with Crippen molar-refractivity contribution in [2.24, 2.45) is 5.73 Å².